The van der Waals surface area contributed by atoms with Crippen molar-refractivity contribution in [3.8, 4) is 11.3 Å². The van der Waals surface area contributed by atoms with E-state index >= 15 is 0 Å². The highest BCUT2D eigenvalue weighted by atomic mass is 32.1. The Bertz CT molecular complexity index is 809. The normalized spacial score (nSPS) is 10.3. The van der Waals surface area contributed by atoms with Gasteiger partial charge in [0.15, 0.2) is 0 Å². The third-order valence-electron chi connectivity index (χ3n) is 3.11. The molecule has 0 radical (unpaired) electrons. The molecule has 3 rings (SSSR count). The Morgan fingerprint density at radius 1 is 1.21 bits per heavy atom. The number of carbonyl (C=O) groups is 1. The molecule has 8 heteroatoms. The smallest absolute Gasteiger partial charge is 0.322 e. The second-order valence-electron chi connectivity index (χ2n) is 4.88. The molecule has 0 fully saturated rings. The SMILES string of the molecule is O=C(O)CNc1nc(NCc2cccs2)cc(-c2cccnc2)n1. The van der Waals surface area contributed by atoms with Gasteiger partial charge >= 0.3 is 5.97 Å². The Kier molecular flexibility index (Phi) is 4.97. The molecule has 24 heavy (non-hydrogen) atoms. The van der Waals surface area contributed by atoms with E-state index < -0.39 is 5.97 Å². The minimum atomic E-state index is -0.974. The van der Waals surface area contributed by atoms with Crippen LogP contribution in [0.5, 0.6) is 0 Å². The van der Waals surface area contributed by atoms with Crippen molar-refractivity contribution in [3.05, 3.63) is 53.0 Å². The molecule has 0 aromatic carbocycles. The average molecular weight is 341 g/mol. The topological polar surface area (TPSA) is 100 Å². The van der Waals surface area contributed by atoms with Gasteiger partial charge in [0.1, 0.15) is 12.4 Å². The molecule has 0 bridgehead atoms. The van der Waals surface area contributed by atoms with Crippen molar-refractivity contribution in [3.63, 3.8) is 0 Å². The van der Waals surface area contributed by atoms with E-state index in [1.54, 1.807) is 23.7 Å². The largest absolute Gasteiger partial charge is 0.480 e. The van der Waals surface area contributed by atoms with Crippen LogP contribution in [-0.4, -0.2) is 32.6 Å². The Balaban J connectivity index is 1.85. The van der Waals surface area contributed by atoms with E-state index in [-0.39, 0.29) is 12.5 Å². The van der Waals surface area contributed by atoms with Crippen molar-refractivity contribution < 1.29 is 9.90 Å². The van der Waals surface area contributed by atoms with Crippen LogP contribution in [0.15, 0.2) is 48.1 Å². The molecule has 0 aliphatic heterocycles. The number of nitrogens with one attached hydrogen (secondary N) is 2. The van der Waals surface area contributed by atoms with E-state index in [1.165, 1.54) is 4.88 Å². The number of pyridine rings is 1. The molecule has 3 N–H and O–H groups in total. The zero-order valence-corrected chi connectivity index (χ0v) is 13.5. The number of aliphatic carboxylic acids is 1. The van der Waals surface area contributed by atoms with Crippen LogP contribution in [0.25, 0.3) is 11.3 Å². The van der Waals surface area contributed by atoms with Gasteiger partial charge in [-0.15, -0.1) is 11.3 Å². The van der Waals surface area contributed by atoms with Crippen LogP contribution in [-0.2, 0) is 11.3 Å². The lowest BCUT2D eigenvalue weighted by atomic mass is 10.2. The van der Waals surface area contributed by atoms with Crippen molar-refractivity contribution in [2.75, 3.05) is 17.2 Å². The van der Waals surface area contributed by atoms with Gasteiger partial charge < -0.3 is 15.7 Å². The van der Waals surface area contributed by atoms with Crippen molar-refractivity contribution in [1.82, 2.24) is 15.0 Å². The van der Waals surface area contributed by atoms with Crippen molar-refractivity contribution in [1.29, 1.82) is 0 Å². The van der Waals surface area contributed by atoms with Crippen LogP contribution in [0, 0.1) is 0 Å². The lowest BCUT2D eigenvalue weighted by molar-refractivity contribution is -0.134. The first kappa shape index (κ1) is 15.9. The Morgan fingerprint density at radius 3 is 2.83 bits per heavy atom. The molecule has 0 aliphatic carbocycles. The van der Waals surface area contributed by atoms with Gasteiger partial charge in [0.2, 0.25) is 5.95 Å². The molecule has 0 unspecified atom stereocenters. The fourth-order valence-corrected chi connectivity index (χ4v) is 2.67. The molecule has 0 aliphatic rings. The van der Waals surface area contributed by atoms with E-state index in [2.05, 4.69) is 25.6 Å². The molecular weight excluding hydrogens is 326 g/mol. The lowest BCUT2D eigenvalue weighted by Gasteiger charge is -2.10. The molecule has 0 amide bonds. The first-order chi connectivity index (χ1) is 11.7. The zero-order valence-electron chi connectivity index (χ0n) is 12.6. The molecule has 122 valence electrons. The molecule has 0 atom stereocenters. The predicted molar refractivity (Wildman–Crippen MR) is 93.0 cm³/mol. The minimum Gasteiger partial charge on any atom is -0.480 e. The van der Waals surface area contributed by atoms with E-state index in [9.17, 15) is 4.79 Å². The molecular formula is C16H15N5O2S. The average Bonchev–Trinajstić information content (AvgIpc) is 3.12. The molecule has 0 spiro atoms. The van der Waals surface area contributed by atoms with Gasteiger partial charge in [0.05, 0.1) is 12.2 Å². The second kappa shape index (κ2) is 7.51. The number of carboxylic acid groups (broad SMARTS) is 1. The summed E-state index contributed by atoms with van der Waals surface area (Å²) in [5.74, 6) is -0.101. The molecule has 3 aromatic rings. The number of rotatable bonds is 7. The van der Waals surface area contributed by atoms with Gasteiger partial charge in [-0.2, -0.15) is 4.98 Å². The number of hydrogen-bond donors (Lipinski definition) is 3. The molecule has 7 nitrogen and oxygen atoms in total. The number of anilines is 2. The van der Waals surface area contributed by atoms with Crippen LogP contribution in [0.2, 0.25) is 0 Å². The lowest BCUT2D eigenvalue weighted by Crippen LogP contribution is -2.15. The summed E-state index contributed by atoms with van der Waals surface area (Å²) in [5.41, 5.74) is 1.50. The quantitative estimate of drug-likeness (QED) is 0.607. The number of thiophene rings is 1. The summed E-state index contributed by atoms with van der Waals surface area (Å²) < 4.78 is 0. The summed E-state index contributed by atoms with van der Waals surface area (Å²) in [5, 5.41) is 16.8. The monoisotopic (exact) mass is 341 g/mol. The van der Waals surface area contributed by atoms with Crippen molar-refractivity contribution >= 4 is 29.1 Å². The third-order valence-corrected chi connectivity index (χ3v) is 3.98. The van der Waals surface area contributed by atoms with Gasteiger partial charge in [0.25, 0.3) is 0 Å². The second-order valence-corrected chi connectivity index (χ2v) is 5.92. The van der Waals surface area contributed by atoms with Gasteiger partial charge in [-0.05, 0) is 23.6 Å². The summed E-state index contributed by atoms with van der Waals surface area (Å²) in [4.78, 5) is 24.7. The van der Waals surface area contributed by atoms with Gasteiger partial charge in [-0.25, -0.2) is 4.98 Å². The highest BCUT2D eigenvalue weighted by Crippen LogP contribution is 2.21. The fourth-order valence-electron chi connectivity index (χ4n) is 2.02. The minimum absolute atomic E-state index is 0.249. The number of nitrogens with zero attached hydrogens (tertiary/aromatic N) is 3. The third kappa shape index (κ3) is 4.26. The number of aromatic nitrogens is 3. The van der Waals surface area contributed by atoms with Crippen LogP contribution >= 0.6 is 11.3 Å². The van der Waals surface area contributed by atoms with Gasteiger partial charge in [-0.3, -0.25) is 9.78 Å². The first-order valence-corrected chi connectivity index (χ1v) is 8.10. The van der Waals surface area contributed by atoms with E-state index in [4.69, 9.17) is 5.11 Å². The number of hydrogen-bond acceptors (Lipinski definition) is 7. The van der Waals surface area contributed by atoms with Crippen LogP contribution in [0.3, 0.4) is 0 Å². The highest BCUT2D eigenvalue weighted by Gasteiger charge is 2.08. The highest BCUT2D eigenvalue weighted by molar-refractivity contribution is 7.09. The maximum atomic E-state index is 10.8. The molecule has 0 saturated heterocycles. The van der Waals surface area contributed by atoms with Crippen molar-refractivity contribution in [2.24, 2.45) is 0 Å². The summed E-state index contributed by atoms with van der Waals surface area (Å²) in [6, 6.07) is 9.55. The van der Waals surface area contributed by atoms with Gasteiger partial charge in [0, 0.05) is 28.9 Å². The van der Waals surface area contributed by atoms with Gasteiger partial charge in [-0.1, -0.05) is 6.07 Å². The zero-order chi connectivity index (χ0) is 16.8. The number of carboxylic acids is 1. The first-order valence-electron chi connectivity index (χ1n) is 7.22. The Labute approximate surface area is 142 Å². The summed E-state index contributed by atoms with van der Waals surface area (Å²) in [7, 11) is 0. The predicted octanol–water partition coefficient (Wildman–Crippen LogP) is 2.71. The Hall–Kier alpha value is -3.00. The van der Waals surface area contributed by atoms with E-state index in [0.29, 0.717) is 18.1 Å². The standard InChI is InChI=1S/C16H15N5O2S/c22-15(23)10-19-16-20-13(11-3-1-5-17-8-11)7-14(21-16)18-9-12-4-2-6-24-12/h1-8H,9-10H2,(H,22,23)(H2,18,19,20,21). The molecule has 0 saturated carbocycles. The maximum Gasteiger partial charge on any atom is 0.322 e. The fraction of sp³-hybridized carbons (Fsp3) is 0.125. The summed E-state index contributed by atoms with van der Waals surface area (Å²) in [6.07, 6.45) is 3.39. The van der Waals surface area contributed by atoms with Crippen LogP contribution in [0.4, 0.5) is 11.8 Å². The van der Waals surface area contributed by atoms with Crippen molar-refractivity contribution in [2.45, 2.75) is 6.54 Å². The van der Waals surface area contributed by atoms with Crippen LogP contribution in [0.1, 0.15) is 4.88 Å². The maximum absolute atomic E-state index is 10.8. The summed E-state index contributed by atoms with van der Waals surface area (Å²) >= 11 is 1.65. The van der Waals surface area contributed by atoms with Crippen LogP contribution < -0.4 is 10.6 Å². The Morgan fingerprint density at radius 2 is 2.12 bits per heavy atom. The molecule has 3 aromatic heterocycles. The summed E-state index contributed by atoms with van der Waals surface area (Å²) in [6.45, 7) is 0.389. The van der Waals surface area contributed by atoms with E-state index in [1.807, 2.05) is 35.7 Å². The molecule has 3 heterocycles. The van der Waals surface area contributed by atoms with E-state index in [0.717, 1.165) is 5.56 Å².